The van der Waals surface area contributed by atoms with Crippen molar-refractivity contribution >= 4 is 21.0 Å². The molecule has 0 fully saturated rings. The van der Waals surface area contributed by atoms with E-state index in [1.807, 2.05) is 22.8 Å². The predicted octanol–water partition coefficient (Wildman–Crippen LogP) is 3.99. The van der Waals surface area contributed by atoms with Gasteiger partial charge in [-0.05, 0) is 42.3 Å². The number of sulfone groups is 1. The lowest BCUT2D eigenvalue weighted by Crippen LogP contribution is -2.20. The van der Waals surface area contributed by atoms with Gasteiger partial charge in [0.25, 0.3) is 0 Å². The Labute approximate surface area is 206 Å². The summed E-state index contributed by atoms with van der Waals surface area (Å²) in [6.07, 6.45) is 4.27. The van der Waals surface area contributed by atoms with E-state index in [2.05, 4.69) is 9.97 Å². The summed E-state index contributed by atoms with van der Waals surface area (Å²) >= 11 is -1.40. The maximum Gasteiger partial charge on any atom is 0.343 e. The highest BCUT2D eigenvalue weighted by Crippen LogP contribution is 2.40. The third-order valence-electron chi connectivity index (χ3n) is 5.98. The molecule has 180 valence electrons. The van der Waals surface area contributed by atoms with Crippen LogP contribution in [0.2, 0.25) is 0 Å². The van der Waals surface area contributed by atoms with Crippen molar-refractivity contribution in [2.45, 2.75) is 29.8 Å². The molecule has 2 atom stereocenters. The zero-order chi connectivity index (χ0) is 24.6. The quantitative estimate of drug-likeness (QED) is 0.275. The third kappa shape index (κ3) is 5.00. The Morgan fingerprint density at radius 2 is 1.83 bits per heavy atom. The highest BCUT2D eigenvalue weighted by atomic mass is 32.2. The van der Waals surface area contributed by atoms with Gasteiger partial charge in [-0.2, -0.15) is 9.97 Å². The molecule has 0 amide bonds. The van der Waals surface area contributed by atoms with Gasteiger partial charge in [0.05, 0.1) is 28.6 Å². The first-order valence-corrected chi connectivity index (χ1v) is 14.5. The number of halogens is 1. The van der Waals surface area contributed by atoms with Crippen molar-refractivity contribution < 1.29 is 17.4 Å². The maximum atomic E-state index is 13.6. The monoisotopic (exact) mass is 510 g/mol. The van der Waals surface area contributed by atoms with Crippen LogP contribution >= 0.6 is 0 Å². The summed E-state index contributed by atoms with van der Waals surface area (Å²) in [7, 11) is -3.42. The lowest BCUT2D eigenvalue weighted by Gasteiger charge is -2.18. The van der Waals surface area contributed by atoms with Gasteiger partial charge in [0.1, 0.15) is 17.9 Å². The fraction of sp³-hybridized carbons (Fsp3) is 0.240. The van der Waals surface area contributed by atoms with E-state index < -0.39 is 21.0 Å². The summed E-state index contributed by atoms with van der Waals surface area (Å²) in [5.41, 5.74) is 3.13. The molecular formula is C25H23FN4O3S2. The van der Waals surface area contributed by atoms with E-state index >= 15 is 0 Å². The molecule has 0 spiro atoms. The number of benzene rings is 2. The molecule has 0 radical (unpaired) electrons. The lowest BCUT2D eigenvalue weighted by molar-refractivity contribution is 0.548. The third-order valence-corrected chi connectivity index (χ3v) is 8.35. The maximum absolute atomic E-state index is 13.6. The van der Waals surface area contributed by atoms with E-state index in [1.54, 1.807) is 30.3 Å². The summed E-state index contributed by atoms with van der Waals surface area (Å²) in [5, 5.41) is 0.175. The molecule has 35 heavy (non-hydrogen) atoms. The van der Waals surface area contributed by atoms with Crippen molar-refractivity contribution in [2.75, 3.05) is 12.0 Å². The molecule has 1 aliphatic rings. The molecule has 7 nitrogen and oxygen atoms in total. The highest BCUT2D eigenvalue weighted by Gasteiger charge is 2.34. The Hall–Kier alpha value is -3.08. The smallest absolute Gasteiger partial charge is 0.343 e. The molecule has 3 heterocycles. The van der Waals surface area contributed by atoms with Crippen molar-refractivity contribution in [3.8, 4) is 22.6 Å². The van der Waals surface area contributed by atoms with Crippen molar-refractivity contribution in [1.29, 1.82) is 0 Å². The Bertz CT molecular complexity index is 1460. The molecule has 0 aliphatic carbocycles. The zero-order valence-corrected chi connectivity index (χ0v) is 20.6. The molecule has 0 bridgehead atoms. The number of fused-ring (bicyclic) bond motifs is 1. The van der Waals surface area contributed by atoms with Crippen molar-refractivity contribution in [2.24, 2.45) is 0 Å². The van der Waals surface area contributed by atoms with E-state index in [9.17, 15) is 17.4 Å². The molecule has 2 aromatic heterocycles. The first kappa shape index (κ1) is 23.7. The van der Waals surface area contributed by atoms with Crippen LogP contribution in [0.15, 0.2) is 72.0 Å². The summed E-state index contributed by atoms with van der Waals surface area (Å²) < 4.78 is 53.9. The number of aromatic nitrogens is 4. The van der Waals surface area contributed by atoms with Gasteiger partial charge in [-0.3, -0.25) is 0 Å². The molecular weight excluding hydrogens is 487 g/mol. The Balaban J connectivity index is 1.59. The highest BCUT2D eigenvalue weighted by molar-refractivity contribution is 7.90. The topological polar surface area (TPSA) is 101 Å². The fourth-order valence-electron chi connectivity index (χ4n) is 4.48. The van der Waals surface area contributed by atoms with Crippen molar-refractivity contribution in [3.63, 3.8) is 0 Å². The summed E-state index contributed by atoms with van der Waals surface area (Å²) in [5.74, 6) is 0.300. The number of imidazole rings is 1. The predicted molar refractivity (Wildman–Crippen MR) is 132 cm³/mol. The molecule has 1 unspecified atom stereocenters. The number of hydrogen-bond donors (Lipinski definition) is 0. The van der Waals surface area contributed by atoms with Crippen LogP contribution in [-0.2, 0) is 33.2 Å². The van der Waals surface area contributed by atoms with Gasteiger partial charge in [0, 0.05) is 35.4 Å². The van der Waals surface area contributed by atoms with E-state index in [1.165, 1.54) is 24.6 Å². The minimum Gasteiger partial charge on any atom is -0.609 e. The summed E-state index contributed by atoms with van der Waals surface area (Å²) in [4.78, 5) is 13.4. The first-order valence-electron chi connectivity index (χ1n) is 11.1. The van der Waals surface area contributed by atoms with Crippen LogP contribution in [0.5, 0.6) is 0 Å². The van der Waals surface area contributed by atoms with Gasteiger partial charge in [-0.15, -0.1) is 0 Å². The Morgan fingerprint density at radius 3 is 2.54 bits per heavy atom. The van der Waals surface area contributed by atoms with Gasteiger partial charge in [-0.25, -0.2) is 17.8 Å². The number of aryl methyl sites for hydroxylation is 1. The second kappa shape index (κ2) is 9.52. The Kier molecular flexibility index (Phi) is 6.43. The van der Waals surface area contributed by atoms with Gasteiger partial charge in [-0.1, -0.05) is 30.3 Å². The lowest BCUT2D eigenvalue weighted by atomic mass is 10.1. The van der Waals surface area contributed by atoms with Crippen LogP contribution < -0.4 is 0 Å². The number of hydrogen-bond acceptors (Lipinski definition) is 6. The van der Waals surface area contributed by atoms with Gasteiger partial charge >= 0.3 is 5.16 Å². The van der Waals surface area contributed by atoms with Crippen LogP contribution in [0.4, 0.5) is 4.39 Å². The molecule has 5 rings (SSSR count). The largest absolute Gasteiger partial charge is 0.609 e. The standard InChI is InChI=1S/C25H23FN4O3S2/c1-34(31)25-27-14-13-21(28-25)24-23(18-7-9-19(26)10-8-18)29-22-12-11-20(30(22)24)16-35(32,33)15-17-5-3-2-4-6-17/h2-10,13-14,20H,11-12,15-16H2,1H3/t20-,34?/m0/s1. The molecule has 1 aliphatic heterocycles. The molecule has 10 heteroatoms. The van der Waals surface area contributed by atoms with Crippen LogP contribution in [0, 0.1) is 5.82 Å². The van der Waals surface area contributed by atoms with Crippen molar-refractivity contribution in [1.82, 2.24) is 19.5 Å². The summed E-state index contributed by atoms with van der Waals surface area (Å²) in [6, 6.07) is 16.5. The molecule has 2 aromatic carbocycles. The summed E-state index contributed by atoms with van der Waals surface area (Å²) in [6.45, 7) is 0. The van der Waals surface area contributed by atoms with E-state index in [4.69, 9.17) is 4.98 Å². The van der Waals surface area contributed by atoms with Crippen molar-refractivity contribution in [3.05, 3.63) is 84.1 Å². The SMILES string of the molecule is C[S+]([O-])c1nccc(-c2c(-c3ccc(F)cc3)nc3n2[C@H](CS(=O)(=O)Cc2ccccc2)CC3)n1. The van der Waals surface area contributed by atoms with Crippen LogP contribution in [0.25, 0.3) is 22.6 Å². The van der Waals surface area contributed by atoms with Crippen LogP contribution in [0.1, 0.15) is 23.9 Å². The minimum atomic E-state index is -3.42. The molecule has 4 aromatic rings. The first-order chi connectivity index (χ1) is 16.8. The second-order valence-corrected chi connectivity index (χ2v) is 11.9. The van der Waals surface area contributed by atoms with E-state index in [0.29, 0.717) is 35.5 Å². The van der Waals surface area contributed by atoms with E-state index in [-0.39, 0.29) is 28.5 Å². The molecule has 0 saturated heterocycles. The molecule has 0 N–H and O–H groups in total. The average Bonchev–Trinajstić information content (AvgIpc) is 3.39. The fourth-order valence-corrected chi connectivity index (χ4v) is 6.63. The second-order valence-electron chi connectivity index (χ2n) is 8.51. The minimum absolute atomic E-state index is 0.0407. The molecule has 0 saturated carbocycles. The van der Waals surface area contributed by atoms with Crippen LogP contribution in [-0.4, -0.2) is 44.5 Å². The number of rotatable bonds is 7. The normalized spacial score (nSPS) is 16.3. The Morgan fingerprint density at radius 1 is 1.09 bits per heavy atom. The number of nitrogens with zero attached hydrogens (tertiary/aromatic N) is 4. The van der Waals surface area contributed by atoms with Gasteiger partial charge in [0.15, 0.2) is 9.84 Å². The zero-order valence-electron chi connectivity index (χ0n) is 19.0. The van der Waals surface area contributed by atoms with Gasteiger partial charge in [0.2, 0.25) is 0 Å². The van der Waals surface area contributed by atoms with Crippen LogP contribution in [0.3, 0.4) is 0 Å². The average molecular weight is 511 g/mol. The van der Waals surface area contributed by atoms with Gasteiger partial charge < -0.3 is 9.12 Å². The van der Waals surface area contributed by atoms with E-state index in [0.717, 1.165) is 11.4 Å².